The number of benzene rings is 2. The zero-order valence-corrected chi connectivity index (χ0v) is 17.3. The number of hydrazone groups is 1. The molecular weight excluding hydrogens is 416 g/mol. The third-order valence-corrected chi connectivity index (χ3v) is 5.70. The smallest absolute Gasteiger partial charge is 0.274 e. The minimum atomic E-state index is -2.36. The fourth-order valence-electron chi connectivity index (χ4n) is 3.34. The van der Waals surface area contributed by atoms with E-state index in [2.05, 4.69) is 5.10 Å². The molecule has 0 N–H and O–H groups in total. The molecule has 2 unspecified atom stereocenters. The van der Waals surface area contributed by atoms with Crippen molar-refractivity contribution >= 4 is 28.6 Å². The Labute approximate surface area is 181 Å². The van der Waals surface area contributed by atoms with Gasteiger partial charge in [0.1, 0.15) is 11.8 Å². The van der Waals surface area contributed by atoms with Gasteiger partial charge in [-0.3, -0.25) is 9.00 Å². The first-order valence-corrected chi connectivity index (χ1v) is 10.4. The lowest BCUT2D eigenvalue weighted by Gasteiger charge is -2.21. The van der Waals surface area contributed by atoms with Crippen molar-refractivity contribution < 1.29 is 18.0 Å². The Hall–Kier alpha value is -3.74. The molecule has 0 fully saturated rings. The van der Waals surface area contributed by atoms with Gasteiger partial charge in [-0.15, -0.1) is 0 Å². The summed E-state index contributed by atoms with van der Waals surface area (Å²) in [5.41, 5.74) is 2.86. The van der Waals surface area contributed by atoms with Crippen LogP contribution in [0.2, 0.25) is 0 Å². The summed E-state index contributed by atoms with van der Waals surface area (Å²) < 4.78 is 28.9. The van der Waals surface area contributed by atoms with Crippen LogP contribution >= 0.6 is 0 Å². The van der Waals surface area contributed by atoms with Gasteiger partial charge >= 0.3 is 0 Å². The number of rotatable bonds is 5. The molecule has 156 valence electrons. The van der Waals surface area contributed by atoms with Gasteiger partial charge in [0.2, 0.25) is 0 Å². The minimum Gasteiger partial charge on any atom is -0.755 e. The number of hydrogen-bond acceptors (Lipinski definition) is 6. The second kappa shape index (κ2) is 8.55. The molecule has 31 heavy (non-hydrogen) atoms. The molecule has 3 aromatic rings. The monoisotopic (exact) mass is 433 g/mol. The number of carbonyl (C=O) groups is 1. The van der Waals surface area contributed by atoms with Crippen molar-refractivity contribution in [2.45, 2.75) is 12.5 Å². The molecule has 4 rings (SSSR count). The molecule has 1 amide bonds. The van der Waals surface area contributed by atoms with Crippen molar-refractivity contribution in [1.29, 1.82) is 5.26 Å². The molecule has 0 radical (unpaired) electrons. The van der Waals surface area contributed by atoms with E-state index in [0.29, 0.717) is 34.7 Å². The first-order chi connectivity index (χ1) is 15.0. The standard InChI is InChI=1S/C22H18N4O4S/c1-25(31(28)29)18-10-8-16(9-11-18)19-13-20(21-3-2-12-30-21)26(24-19)22(27)17-6-4-15(14-23)5-7-17/h2-12,20H,13H2,1H3,(H,28,29)/p-1. The third-order valence-electron chi connectivity index (χ3n) is 5.04. The number of anilines is 1. The average molecular weight is 433 g/mol. The summed E-state index contributed by atoms with van der Waals surface area (Å²) in [7, 11) is 1.45. The Morgan fingerprint density at radius 3 is 2.52 bits per heavy atom. The third kappa shape index (κ3) is 4.12. The first-order valence-electron chi connectivity index (χ1n) is 9.36. The molecule has 2 aromatic carbocycles. The highest BCUT2D eigenvalue weighted by atomic mass is 32.2. The zero-order valence-electron chi connectivity index (χ0n) is 16.5. The van der Waals surface area contributed by atoms with Crippen LogP contribution in [0.15, 0.2) is 76.4 Å². The van der Waals surface area contributed by atoms with Crippen molar-refractivity contribution in [2.75, 3.05) is 11.4 Å². The largest absolute Gasteiger partial charge is 0.755 e. The van der Waals surface area contributed by atoms with Crippen molar-refractivity contribution in [1.82, 2.24) is 5.01 Å². The first kappa shape index (κ1) is 20.5. The van der Waals surface area contributed by atoms with E-state index in [1.54, 1.807) is 66.9 Å². The molecule has 9 heteroatoms. The van der Waals surface area contributed by atoms with E-state index in [4.69, 9.17) is 9.68 Å². The van der Waals surface area contributed by atoms with Crippen LogP contribution in [0.1, 0.15) is 39.7 Å². The topological polar surface area (TPSA) is 113 Å². The predicted molar refractivity (Wildman–Crippen MR) is 114 cm³/mol. The number of nitriles is 1. The van der Waals surface area contributed by atoms with Gasteiger partial charge < -0.3 is 13.3 Å². The number of nitrogens with zero attached hydrogens (tertiary/aromatic N) is 4. The molecule has 8 nitrogen and oxygen atoms in total. The molecule has 0 aliphatic carbocycles. The molecule has 0 saturated carbocycles. The molecule has 0 bridgehead atoms. The molecule has 1 aliphatic rings. The Kier molecular flexibility index (Phi) is 5.66. The quantitative estimate of drug-likeness (QED) is 0.573. The lowest BCUT2D eigenvalue weighted by Crippen LogP contribution is -2.26. The van der Waals surface area contributed by atoms with E-state index in [9.17, 15) is 13.6 Å². The van der Waals surface area contributed by atoms with Crippen LogP contribution in [0.4, 0.5) is 5.69 Å². The van der Waals surface area contributed by atoms with Gasteiger partial charge in [0.25, 0.3) is 5.91 Å². The highest BCUT2D eigenvalue weighted by Crippen LogP contribution is 2.34. The maximum Gasteiger partial charge on any atom is 0.274 e. The molecule has 2 heterocycles. The van der Waals surface area contributed by atoms with Crippen LogP contribution < -0.4 is 4.31 Å². The van der Waals surface area contributed by atoms with Crippen molar-refractivity contribution in [3.8, 4) is 6.07 Å². The molecular formula is C22H17N4O4S-. The molecule has 0 spiro atoms. The Balaban J connectivity index is 1.65. The number of hydrogen-bond donors (Lipinski definition) is 0. The van der Waals surface area contributed by atoms with Gasteiger partial charge in [-0.1, -0.05) is 12.1 Å². The van der Waals surface area contributed by atoms with E-state index in [0.717, 1.165) is 9.87 Å². The van der Waals surface area contributed by atoms with Crippen LogP contribution in [0, 0.1) is 11.3 Å². The average Bonchev–Trinajstić information content (AvgIpc) is 3.48. The van der Waals surface area contributed by atoms with Crippen LogP contribution in [0.3, 0.4) is 0 Å². The Bertz CT molecular complexity index is 1180. The van der Waals surface area contributed by atoms with E-state index in [-0.39, 0.29) is 5.91 Å². The van der Waals surface area contributed by atoms with Gasteiger partial charge in [-0.2, -0.15) is 10.4 Å². The molecule has 1 aromatic heterocycles. The van der Waals surface area contributed by atoms with E-state index in [1.807, 2.05) is 6.07 Å². The van der Waals surface area contributed by atoms with Crippen LogP contribution in [0.25, 0.3) is 0 Å². The summed E-state index contributed by atoms with van der Waals surface area (Å²) in [5.74, 6) is 0.304. The summed E-state index contributed by atoms with van der Waals surface area (Å²) in [6, 6.07) is 18.4. The van der Waals surface area contributed by atoms with Crippen LogP contribution in [0.5, 0.6) is 0 Å². The van der Waals surface area contributed by atoms with Gasteiger partial charge in [0, 0.05) is 36.0 Å². The lowest BCUT2D eigenvalue weighted by atomic mass is 10.0. The van der Waals surface area contributed by atoms with Gasteiger partial charge in [0.15, 0.2) is 0 Å². The number of amides is 1. The summed E-state index contributed by atoms with van der Waals surface area (Å²) in [5, 5.41) is 14.9. The Morgan fingerprint density at radius 1 is 1.23 bits per heavy atom. The fourth-order valence-corrected chi connectivity index (χ4v) is 3.64. The van der Waals surface area contributed by atoms with Gasteiger partial charge in [0.05, 0.1) is 23.6 Å². The highest BCUT2D eigenvalue weighted by Gasteiger charge is 2.35. The lowest BCUT2D eigenvalue weighted by molar-refractivity contribution is 0.0693. The summed E-state index contributed by atoms with van der Waals surface area (Å²) in [4.78, 5) is 13.2. The van der Waals surface area contributed by atoms with Gasteiger partial charge in [-0.25, -0.2) is 5.01 Å². The maximum atomic E-state index is 13.2. The van der Waals surface area contributed by atoms with E-state index < -0.39 is 17.3 Å². The van der Waals surface area contributed by atoms with Crippen LogP contribution in [-0.4, -0.2) is 32.4 Å². The second-order valence-corrected chi connectivity index (χ2v) is 7.86. The second-order valence-electron chi connectivity index (χ2n) is 6.88. The van der Waals surface area contributed by atoms with Crippen molar-refractivity contribution in [3.63, 3.8) is 0 Å². The summed E-state index contributed by atoms with van der Waals surface area (Å²) in [6.07, 6.45) is 1.99. The normalized spacial score (nSPS) is 16.5. The van der Waals surface area contributed by atoms with Crippen molar-refractivity contribution in [3.05, 3.63) is 89.4 Å². The van der Waals surface area contributed by atoms with E-state index >= 15 is 0 Å². The Morgan fingerprint density at radius 2 is 1.94 bits per heavy atom. The van der Waals surface area contributed by atoms with Gasteiger partial charge in [-0.05, 0) is 54.1 Å². The molecule has 2 atom stereocenters. The predicted octanol–water partition coefficient (Wildman–Crippen LogP) is 3.37. The summed E-state index contributed by atoms with van der Waals surface area (Å²) in [6.45, 7) is 0. The number of carbonyl (C=O) groups excluding carboxylic acids is 1. The van der Waals surface area contributed by atoms with E-state index in [1.165, 1.54) is 12.1 Å². The SMILES string of the molecule is CN(c1ccc(C2=NN(C(=O)c3ccc(C#N)cc3)C(c3ccco3)C2)cc1)S(=O)[O-]. The van der Waals surface area contributed by atoms with Crippen molar-refractivity contribution in [2.24, 2.45) is 5.10 Å². The highest BCUT2D eigenvalue weighted by molar-refractivity contribution is 7.80. The van der Waals surface area contributed by atoms with Crippen LogP contribution in [-0.2, 0) is 11.3 Å². The minimum absolute atomic E-state index is 0.306. The molecule has 0 saturated heterocycles. The maximum absolute atomic E-state index is 13.2. The number of furan rings is 1. The fraction of sp³-hybridized carbons (Fsp3) is 0.136. The zero-order chi connectivity index (χ0) is 22.0. The summed E-state index contributed by atoms with van der Waals surface area (Å²) >= 11 is -2.36. The molecule has 1 aliphatic heterocycles.